The van der Waals surface area contributed by atoms with E-state index in [4.69, 9.17) is 28.2 Å². The molecule has 0 aliphatic heterocycles. The van der Waals surface area contributed by atoms with Crippen LogP contribution in [0.2, 0.25) is 0 Å². The minimum absolute atomic E-state index is 0. The number of aromatic nitrogens is 3. The summed E-state index contributed by atoms with van der Waals surface area (Å²) in [6.45, 7) is 0. The molecule has 21 rings (SSSR count). The molecule has 7 heteroatoms. The Balaban J connectivity index is 0.000000108. The van der Waals surface area contributed by atoms with Crippen LogP contribution in [0.3, 0.4) is 0 Å². The van der Waals surface area contributed by atoms with E-state index in [9.17, 15) is 0 Å². The summed E-state index contributed by atoms with van der Waals surface area (Å²) in [5, 5.41) is 21.4. The molecule has 0 atom stereocenters. The summed E-state index contributed by atoms with van der Waals surface area (Å²) in [5.41, 5.74) is 17.4. The Kier molecular flexibility index (Phi) is 15.0. The number of hydrogen-bond donors (Lipinski definition) is 0. The maximum Gasteiger partial charge on any atom is 3.00 e. The van der Waals surface area contributed by atoms with Crippen molar-refractivity contribution in [1.82, 2.24) is 15.0 Å². The predicted molar refractivity (Wildman–Crippen MR) is 409 cm³/mol. The number of rotatable bonds is 6. The molecule has 6 nitrogen and oxygen atoms in total. The van der Waals surface area contributed by atoms with Gasteiger partial charge in [0.1, 0.15) is 16.7 Å². The van der Waals surface area contributed by atoms with Gasteiger partial charge in [-0.2, -0.15) is 0 Å². The number of hydrogen-bond acceptors (Lipinski definition) is 6. The third-order valence-electron chi connectivity index (χ3n) is 19.2. The molecule has 6 aromatic heterocycles. The Morgan fingerprint density at radius 2 is 0.450 bits per heavy atom. The van der Waals surface area contributed by atoms with Gasteiger partial charge in [0.15, 0.2) is 0 Å². The van der Waals surface area contributed by atoms with Gasteiger partial charge in [-0.05, 0) is 170 Å². The number of nitrogens with zero attached hydrogens (tertiary/aromatic N) is 3. The molecular formula is C93H54IrN3O3. The van der Waals surface area contributed by atoms with Crippen molar-refractivity contribution in [2.45, 2.75) is 0 Å². The molecule has 0 spiro atoms. The van der Waals surface area contributed by atoms with E-state index in [0.29, 0.717) is 0 Å². The monoisotopic (exact) mass is 1450 g/mol. The average molecular weight is 1450 g/mol. The topological polar surface area (TPSA) is 78.1 Å². The van der Waals surface area contributed by atoms with E-state index in [0.717, 1.165) is 116 Å². The van der Waals surface area contributed by atoms with Crippen LogP contribution in [0, 0.1) is 18.2 Å². The molecule has 0 saturated carbocycles. The molecule has 0 N–H and O–H groups in total. The van der Waals surface area contributed by atoms with E-state index < -0.39 is 0 Å². The van der Waals surface area contributed by atoms with E-state index >= 15 is 0 Å². The van der Waals surface area contributed by atoms with Crippen LogP contribution in [0.4, 0.5) is 0 Å². The van der Waals surface area contributed by atoms with Crippen molar-refractivity contribution in [1.29, 1.82) is 0 Å². The van der Waals surface area contributed by atoms with E-state index in [2.05, 4.69) is 255 Å². The predicted octanol–water partition coefficient (Wildman–Crippen LogP) is 25.3. The van der Waals surface area contributed by atoms with Gasteiger partial charge in [0.05, 0.1) is 16.7 Å². The van der Waals surface area contributed by atoms with E-state index in [1.165, 1.54) is 81.3 Å². The molecule has 468 valence electrons. The molecule has 0 aliphatic carbocycles. The number of fused-ring (bicyclic) bond motifs is 15. The van der Waals surface area contributed by atoms with Gasteiger partial charge in [0, 0.05) is 34.7 Å². The summed E-state index contributed by atoms with van der Waals surface area (Å²) in [6.07, 6.45) is 5.66. The molecule has 0 bridgehead atoms. The Hall–Kier alpha value is -12.6. The summed E-state index contributed by atoms with van der Waals surface area (Å²) in [5.74, 6) is 0. The van der Waals surface area contributed by atoms with Crippen molar-refractivity contribution in [3.63, 3.8) is 0 Å². The van der Waals surface area contributed by atoms with Gasteiger partial charge in [-0.1, -0.05) is 251 Å². The SMILES string of the molecule is [Ir+3].[c-]1ccc2c(oc3ccccc32)c1-c1cc(-c2c3ccccc3cc3ccccc23)ccn1.[c-]1ccc2c(oc3ccccc32)c1-c1cc(-c2c3ccccc3cc3ccccc23)ccn1.[c-]1ccc2c(oc3ccccc32)c1-c1cc(-c2c3ccccc3cc3ccccc23)ccn1. The summed E-state index contributed by atoms with van der Waals surface area (Å²) >= 11 is 0. The fraction of sp³-hybridized carbons (Fsp3) is 0. The van der Waals surface area contributed by atoms with Gasteiger partial charge in [-0.25, -0.2) is 0 Å². The third-order valence-corrected chi connectivity index (χ3v) is 19.2. The van der Waals surface area contributed by atoms with Crippen LogP contribution in [0.25, 0.3) is 198 Å². The molecule has 0 saturated heterocycles. The molecule has 0 amide bonds. The van der Waals surface area contributed by atoms with Gasteiger partial charge in [0.2, 0.25) is 0 Å². The smallest absolute Gasteiger partial charge is 0.501 e. The van der Waals surface area contributed by atoms with Crippen LogP contribution >= 0.6 is 0 Å². The van der Waals surface area contributed by atoms with Crippen LogP contribution in [0.1, 0.15) is 0 Å². The normalized spacial score (nSPS) is 11.5. The van der Waals surface area contributed by atoms with Crippen molar-refractivity contribution in [3.8, 4) is 67.2 Å². The largest absolute Gasteiger partial charge is 3.00 e. The third kappa shape index (κ3) is 10.3. The second-order valence-electron chi connectivity index (χ2n) is 25.0. The zero-order chi connectivity index (χ0) is 65.3. The zero-order valence-electron chi connectivity index (χ0n) is 53.6. The Morgan fingerprint density at radius 3 is 0.710 bits per heavy atom. The minimum Gasteiger partial charge on any atom is -0.501 e. The van der Waals surface area contributed by atoms with Crippen LogP contribution in [0.5, 0.6) is 0 Å². The molecule has 0 aliphatic rings. The molecule has 0 fully saturated rings. The number of para-hydroxylation sites is 3. The van der Waals surface area contributed by atoms with Crippen LogP contribution < -0.4 is 0 Å². The first-order chi connectivity index (χ1) is 49.1. The van der Waals surface area contributed by atoms with Gasteiger partial charge in [-0.15, -0.1) is 54.6 Å². The van der Waals surface area contributed by atoms with Gasteiger partial charge >= 0.3 is 20.1 Å². The Bertz CT molecular complexity index is 5970. The standard InChI is InChI=1S/3C31H18NO.Ir/c3*1-3-10-23-20(8-1)18-21-9-2-4-11-24(21)30(23)22-16-17-32-28(19-22)27-14-7-13-26-25-12-5-6-15-29(25)33-31(26)27;/h3*1-13,15-19H;/q3*-1;+3. The molecule has 0 radical (unpaired) electrons. The summed E-state index contributed by atoms with van der Waals surface area (Å²) in [7, 11) is 0. The molecule has 15 aromatic carbocycles. The van der Waals surface area contributed by atoms with Crippen LogP contribution in [-0.4, -0.2) is 15.0 Å². The maximum absolute atomic E-state index is 6.25. The van der Waals surface area contributed by atoms with Crippen molar-refractivity contribution >= 4 is 130 Å². The summed E-state index contributed by atoms with van der Waals surface area (Å²) in [6, 6.07) is 118. The Morgan fingerprint density at radius 1 is 0.220 bits per heavy atom. The number of benzene rings is 15. The summed E-state index contributed by atoms with van der Waals surface area (Å²) in [4.78, 5) is 14.2. The average Bonchev–Trinajstić information content (AvgIpc) is 1.12. The second kappa shape index (κ2) is 25.1. The van der Waals surface area contributed by atoms with E-state index in [1.54, 1.807) is 0 Å². The molecule has 100 heavy (non-hydrogen) atoms. The maximum atomic E-state index is 6.25. The first kappa shape index (κ1) is 59.8. The first-order valence-corrected chi connectivity index (χ1v) is 33.2. The van der Waals surface area contributed by atoms with Crippen LogP contribution in [0.15, 0.2) is 341 Å². The van der Waals surface area contributed by atoms with Gasteiger partial charge in [-0.3, -0.25) is 0 Å². The van der Waals surface area contributed by atoms with Crippen molar-refractivity contribution in [3.05, 3.63) is 346 Å². The van der Waals surface area contributed by atoms with E-state index in [1.807, 2.05) is 91.4 Å². The molecule has 21 aromatic rings. The minimum atomic E-state index is 0. The van der Waals surface area contributed by atoms with Gasteiger partial charge in [0.25, 0.3) is 0 Å². The Labute approximate surface area is 588 Å². The van der Waals surface area contributed by atoms with Crippen molar-refractivity contribution in [2.24, 2.45) is 0 Å². The van der Waals surface area contributed by atoms with Crippen LogP contribution in [-0.2, 0) is 20.1 Å². The second-order valence-corrected chi connectivity index (χ2v) is 25.0. The van der Waals surface area contributed by atoms with E-state index in [-0.39, 0.29) is 20.1 Å². The van der Waals surface area contributed by atoms with Crippen molar-refractivity contribution in [2.75, 3.05) is 0 Å². The fourth-order valence-corrected chi connectivity index (χ4v) is 14.8. The molecule has 6 heterocycles. The quantitative estimate of drug-likeness (QED) is 0.122. The molecule has 0 unspecified atom stereocenters. The first-order valence-electron chi connectivity index (χ1n) is 33.2. The summed E-state index contributed by atoms with van der Waals surface area (Å²) < 4.78 is 18.8. The van der Waals surface area contributed by atoms with Crippen molar-refractivity contribution < 1.29 is 33.4 Å². The molecular weight excluding hydrogens is 1400 g/mol. The zero-order valence-corrected chi connectivity index (χ0v) is 56.0. The number of pyridine rings is 3. The van der Waals surface area contributed by atoms with Gasteiger partial charge < -0.3 is 28.2 Å². The fourth-order valence-electron chi connectivity index (χ4n) is 14.8. The number of furan rings is 3.